The van der Waals surface area contributed by atoms with E-state index in [9.17, 15) is 9.90 Å². The molecule has 1 amide bonds. The second kappa shape index (κ2) is 7.23. The summed E-state index contributed by atoms with van der Waals surface area (Å²) in [6.45, 7) is 4.04. The molecule has 0 radical (unpaired) electrons. The number of fused-ring (bicyclic) bond motifs is 1. The number of aliphatic hydroxyl groups is 1. The highest BCUT2D eigenvalue weighted by Crippen LogP contribution is 2.30. The van der Waals surface area contributed by atoms with Crippen LogP contribution in [0.3, 0.4) is 0 Å². The van der Waals surface area contributed by atoms with Crippen LogP contribution in [0.4, 0.5) is 0 Å². The summed E-state index contributed by atoms with van der Waals surface area (Å²) < 4.78 is 12.8. The number of hydrogen-bond donors (Lipinski definition) is 1. The highest BCUT2D eigenvalue weighted by atomic mass is 16.5. The molecule has 1 aromatic carbocycles. The number of amides is 1. The summed E-state index contributed by atoms with van der Waals surface area (Å²) in [6, 6.07) is 6.31. The molecule has 3 aromatic rings. The van der Waals surface area contributed by atoms with Crippen molar-refractivity contribution in [3.05, 3.63) is 30.3 Å². The van der Waals surface area contributed by atoms with Crippen molar-refractivity contribution >= 4 is 16.8 Å². The van der Waals surface area contributed by atoms with Gasteiger partial charge in [-0.1, -0.05) is 17.3 Å². The summed E-state index contributed by atoms with van der Waals surface area (Å²) in [5, 5.41) is 19.2. The maximum atomic E-state index is 11.9. The Bertz CT molecular complexity index is 1030. The Balaban J connectivity index is 1.33. The predicted octanol–water partition coefficient (Wildman–Crippen LogP) is 1.74. The van der Waals surface area contributed by atoms with Crippen LogP contribution in [-0.4, -0.2) is 68.2 Å². The Morgan fingerprint density at radius 1 is 1.28 bits per heavy atom. The molecular formula is C20H23N5O4. The van der Waals surface area contributed by atoms with Gasteiger partial charge in [-0.2, -0.15) is 10.1 Å². The van der Waals surface area contributed by atoms with Crippen molar-refractivity contribution in [2.45, 2.75) is 37.8 Å². The molecule has 2 aliphatic heterocycles. The first kappa shape index (κ1) is 18.3. The molecule has 1 unspecified atom stereocenters. The third-order valence-corrected chi connectivity index (χ3v) is 5.78. The molecule has 0 saturated carbocycles. The number of likely N-dealkylation sites (tertiary alicyclic amines) is 1. The van der Waals surface area contributed by atoms with Crippen molar-refractivity contribution in [1.29, 1.82) is 0 Å². The molecule has 2 aliphatic rings. The topological polar surface area (TPSA) is 107 Å². The molecule has 5 rings (SSSR count). The molecule has 1 N–H and O–H groups in total. The minimum absolute atomic E-state index is 0.121. The van der Waals surface area contributed by atoms with E-state index in [1.807, 2.05) is 29.1 Å². The summed E-state index contributed by atoms with van der Waals surface area (Å²) in [7, 11) is 0. The Hall–Kier alpha value is -2.78. The minimum atomic E-state index is -0.962. The Kier molecular flexibility index (Phi) is 4.56. The van der Waals surface area contributed by atoms with Gasteiger partial charge in [0.15, 0.2) is 0 Å². The Labute approximate surface area is 167 Å². The lowest BCUT2D eigenvalue weighted by molar-refractivity contribution is -0.140. The van der Waals surface area contributed by atoms with Gasteiger partial charge in [-0.25, -0.2) is 0 Å². The van der Waals surface area contributed by atoms with Gasteiger partial charge >= 0.3 is 0 Å². The molecule has 2 fully saturated rings. The number of nitrogens with zero attached hydrogens (tertiary/aromatic N) is 5. The van der Waals surface area contributed by atoms with Crippen LogP contribution in [0.2, 0.25) is 0 Å². The molecule has 9 nitrogen and oxygen atoms in total. The van der Waals surface area contributed by atoms with Crippen LogP contribution in [0.5, 0.6) is 0 Å². The highest BCUT2D eigenvalue weighted by molar-refractivity contribution is 5.83. The lowest BCUT2D eigenvalue weighted by Gasteiger charge is -2.31. The van der Waals surface area contributed by atoms with Gasteiger partial charge in [0.2, 0.25) is 11.7 Å². The second-order valence-corrected chi connectivity index (χ2v) is 7.79. The van der Waals surface area contributed by atoms with E-state index in [-0.39, 0.29) is 17.9 Å². The molecule has 2 saturated heterocycles. The number of piperidine rings is 1. The van der Waals surface area contributed by atoms with Crippen LogP contribution in [0.1, 0.15) is 37.6 Å². The van der Waals surface area contributed by atoms with Gasteiger partial charge in [-0.05, 0) is 25.8 Å². The standard InChI is InChI=1S/C20H23N5O4/c1-12(26)20(27)24-6-4-13(5-7-24)19-22-18(23-29-19)14-2-3-15-9-21-25(17(15)8-14)16-10-28-11-16/h2-3,8-9,12-13,16,26H,4-7,10-11H2,1H3. The van der Waals surface area contributed by atoms with E-state index in [1.165, 1.54) is 6.92 Å². The minimum Gasteiger partial charge on any atom is -0.384 e. The number of carbonyl (C=O) groups is 1. The first-order valence-corrected chi connectivity index (χ1v) is 9.96. The van der Waals surface area contributed by atoms with Crippen molar-refractivity contribution in [2.75, 3.05) is 26.3 Å². The molecule has 0 bridgehead atoms. The van der Waals surface area contributed by atoms with Gasteiger partial charge in [0, 0.05) is 30.0 Å². The summed E-state index contributed by atoms with van der Waals surface area (Å²) in [5.41, 5.74) is 1.92. The van der Waals surface area contributed by atoms with Crippen LogP contribution in [0, 0.1) is 0 Å². The number of aromatic nitrogens is 4. The van der Waals surface area contributed by atoms with E-state index in [2.05, 4.69) is 15.2 Å². The summed E-state index contributed by atoms with van der Waals surface area (Å²) >= 11 is 0. The van der Waals surface area contributed by atoms with Gasteiger partial charge in [0.1, 0.15) is 6.10 Å². The number of aliphatic hydroxyl groups excluding tert-OH is 1. The smallest absolute Gasteiger partial charge is 0.251 e. The molecule has 152 valence electrons. The van der Waals surface area contributed by atoms with Gasteiger partial charge in [0.25, 0.3) is 5.91 Å². The Morgan fingerprint density at radius 2 is 2.07 bits per heavy atom. The SMILES string of the molecule is CC(O)C(=O)N1CCC(c2nc(-c3ccc4cnn(C5COC5)c4c3)no2)CC1. The third kappa shape index (κ3) is 3.30. The van der Waals surface area contributed by atoms with Crippen LogP contribution in [0.25, 0.3) is 22.3 Å². The highest BCUT2D eigenvalue weighted by Gasteiger charge is 2.29. The average Bonchev–Trinajstić information content (AvgIpc) is 3.34. The van der Waals surface area contributed by atoms with Crippen molar-refractivity contribution in [2.24, 2.45) is 0 Å². The summed E-state index contributed by atoms with van der Waals surface area (Å²) in [5.74, 6) is 1.05. The van der Waals surface area contributed by atoms with E-state index < -0.39 is 6.10 Å². The third-order valence-electron chi connectivity index (χ3n) is 5.78. The van der Waals surface area contributed by atoms with Crippen LogP contribution >= 0.6 is 0 Å². The zero-order chi connectivity index (χ0) is 20.0. The van der Waals surface area contributed by atoms with Crippen molar-refractivity contribution in [3.63, 3.8) is 0 Å². The molecule has 0 spiro atoms. The summed E-state index contributed by atoms with van der Waals surface area (Å²) in [4.78, 5) is 18.2. The lowest BCUT2D eigenvalue weighted by atomic mass is 9.96. The van der Waals surface area contributed by atoms with E-state index >= 15 is 0 Å². The quantitative estimate of drug-likeness (QED) is 0.715. The fourth-order valence-electron chi connectivity index (χ4n) is 3.96. The molecule has 9 heteroatoms. The normalized spacial score (nSPS) is 19.4. The molecular weight excluding hydrogens is 374 g/mol. The largest absolute Gasteiger partial charge is 0.384 e. The van der Waals surface area contributed by atoms with Gasteiger partial charge < -0.3 is 19.3 Å². The zero-order valence-electron chi connectivity index (χ0n) is 16.2. The number of ether oxygens (including phenoxy) is 1. The first-order valence-electron chi connectivity index (χ1n) is 9.96. The Morgan fingerprint density at radius 3 is 2.76 bits per heavy atom. The fraction of sp³-hybridized carbons (Fsp3) is 0.500. The maximum Gasteiger partial charge on any atom is 0.251 e. The van der Waals surface area contributed by atoms with Crippen molar-refractivity contribution in [3.8, 4) is 11.4 Å². The van der Waals surface area contributed by atoms with Crippen LogP contribution < -0.4 is 0 Å². The number of carbonyl (C=O) groups excluding carboxylic acids is 1. The van der Waals surface area contributed by atoms with Gasteiger partial charge in [-0.15, -0.1) is 0 Å². The van der Waals surface area contributed by atoms with E-state index in [0.717, 1.165) is 29.3 Å². The number of rotatable bonds is 4. The summed E-state index contributed by atoms with van der Waals surface area (Å²) in [6.07, 6.45) is 2.39. The van der Waals surface area contributed by atoms with Crippen LogP contribution in [-0.2, 0) is 9.53 Å². The van der Waals surface area contributed by atoms with E-state index in [1.54, 1.807) is 4.90 Å². The van der Waals surface area contributed by atoms with Gasteiger partial charge in [-0.3, -0.25) is 9.48 Å². The zero-order valence-corrected chi connectivity index (χ0v) is 16.2. The van der Waals surface area contributed by atoms with Gasteiger partial charge in [0.05, 0.1) is 31.0 Å². The van der Waals surface area contributed by atoms with Crippen LogP contribution in [0.15, 0.2) is 28.9 Å². The average molecular weight is 397 g/mol. The van der Waals surface area contributed by atoms with E-state index in [0.29, 0.717) is 38.0 Å². The monoisotopic (exact) mass is 397 g/mol. The van der Waals surface area contributed by atoms with Crippen molar-refractivity contribution in [1.82, 2.24) is 24.8 Å². The lowest BCUT2D eigenvalue weighted by Crippen LogP contribution is -2.42. The molecule has 0 aliphatic carbocycles. The number of hydrogen-bond acceptors (Lipinski definition) is 7. The first-order chi connectivity index (χ1) is 14.1. The van der Waals surface area contributed by atoms with E-state index in [4.69, 9.17) is 9.26 Å². The molecule has 4 heterocycles. The maximum absolute atomic E-state index is 11.9. The van der Waals surface area contributed by atoms with Crippen molar-refractivity contribution < 1.29 is 19.2 Å². The molecule has 2 aromatic heterocycles. The fourth-order valence-corrected chi connectivity index (χ4v) is 3.96. The molecule has 1 atom stereocenters. The molecule has 29 heavy (non-hydrogen) atoms. The number of benzene rings is 1. The predicted molar refractivity (Wildman–Crippen MR) is 103 cm³/mol. The second-order valence-electron chi connectivity index (χ2n) is 7.79.